The SMILES string of the molecule is CC(=O)N(C)CC(=O)N1CCc2c([nH]c3cc(O)ccc23)C1. The van der Waals surface area contributed by atoms with E-state index >= 15 is 0 Å². The van der Waals surface area contributed by atoms with Gasteiger partial charge in [0.2, 0.25) is 11.8 Å². The van der Waals surface area contributed by atoms with E-state index in [1.807, 2.05) is 6.07 Å². The summed E-state index contributed by atoms with van der Waals surface area (Å²) in [6.07, 6.45) is 0.773. The number of nitrogens with one attached hydrogen (secondary N) is 1. The van der Waals surface area contributed by atoms with Crippen LogP contribution in [0.15, 0.2) is 18.2 Å². The largest absolute Gasteiger partial charge is 0.508 e. The Hall–Kier alpha value is -2.50. The normalized spacial score (nSPS) is 14.0. The lowest BCUT2D eigenvalue weighted by atomic mass is 10.0. The van der Waals surface area contributed by atoms with Gasteiger partial charge in [-0.25, -0.2) is 0 Å². The van der Waals surface area contributed by atoms with Crippen LogP contribution in [0.1, 0.15) is 18.2 Å². The third-order valence-corrected chi connectivity index (χ3v) is 4.22. The number of aromatic nitrogens is 1. The number of H-pyrrole nitrogens is 1. The lowest BCUT2D eigenvalue weighted by molar-refractivity contribution is -0.139. The van der Waals surface area contributed by atoms with Crippen molar-refractivity contribution < 1.29 is 14.7 Å². The maximum absolute atomic E-state index is 12.3. The van der Waals surface area contributed by atoms with Crippen molar-refractivity contribution in [1.29, 1.82) is 0 Å². The van der Waals surface area contributed by atoms with Gasteiger partial charge in [-0.2, -0.15) is 0 Å². The molecule has 0 fully saturated rings. The molecule has 3 rings (SSSR count). The Balaban J connectivity index is 1.80. The fraction of sp³-hybridized carbons (Fsp3) is 0.375. The van der Waals surface area contributed by atoms with E-state index in [0.717, 1.165) is 23.0 Å². The molecule has 0 unspecified atom stereocenters. The summed E-state index contributed by atoms with van der Waals surface area (Å²) in [7, 11) is 1.63. The first-order valence-electron chi connectivity index (χ1n) is 7.27. The third-order valence-electron chi connectivity index (χ3n) is 4.22. The first-order chi connectivity index (χ1) is 10.5. The molecule has 6 heteroatoms. The Morgan fingerprint density at radius 1 is 1.41 bits per heavy atom. The van der Waals surface area contributed by atoms with E-state index in [0.29, 0.717) is 13.1 Å². The van der Waals surface area contributed by atoms with Gasteiger partial charge in [-0.15, -0.1) is 0 Å². The minimum Gasteiger partial charge on any atom is -0.508 e. The third kappa shape index (κ3) is 2.52. The number of nitrogens with zero attached hydrogens (tertiary/aromatic N) is 2. The first kappa shape index (κ1) is 14.4. The fourth-order valence-electron chi connectivity index (χ4n) is 2.86. The number of hydrogen-bond acceptors (Lipinski definition) is 3. The summed E-state index contributed by atoms with van der Waals surface area (Å²) in [6, 6.07) is 5.28. The molecular formula is C16H19N3O3. The van der Waals surface area contributed by atoms with Crippen molar-refractivity contribution in [2.45, 2.75) is 19.9 Å². The second kappa shape index (κ2) is 5.36. The Kier molecular flexibility index (Phi) is 3.52. The molecule has 0 bridgehead atoms. The van der Waals surface area contributed by atoms with Crippen LogP contribution in [0.4, 0.5) is 0 Å². The fourth-order valence-corrected chi connectivity index (χ4v) is 2.86. The predicted molar refractivity (Wildman–Crippen MR) is 82.4 cm³/mol. The van der Waals surface area contributed by atoms with E-state index in [-0.39, 0.29) is 24.1 Å². The summed E-state index contributed by atoms with van der Waals surface area (Å²) in [5.41, 5.74) is 3.10. The molecular weight excluding hydrogens is 282 g/mol. The van der Waals surface area contributed by atoms with Gasteiger partial charge in [-0.3, -0.25) is 9.59 Å². The lowest BCUT2D eigenvalue weighted by Gasteiger charge is -2.28. The second-order valence-electron chi connectivity index (χ2n) is 5.75. The molecule has 2 N–H and O–H groups in total. The highest BCUT2D eigenvalue weighted by molar-refractivity contribution is 5.87. The molecule has 1 aromatic carbocycles. The van der Waals surface area contributed by atoms with E-state index in [1.54, 1.807) is 24.1 Å². The Labute approximate surface area is 128 Å². The average Bonchev–Trinajstić information content (AvgIpc) is 2.83. The molecule has 1 aliphatic rings. The number of rotatable bonds is 2. The average molecular weight is 301 g/mol. The van der Waals surface area contributed by atoms with Crippen molar-refractivity contribution in [2.75, 3.05) is 20.1 Å². The molecule has 1 aromatic heterocycles. The van der Waals surface area contributed by atoms with E-state index in [9.17, 15) is 14.7 Å². The topological polar surface area (TPSA) is 76.6 Å². The van der Waals surface area contributed by atoms with Gasteiger partial charge in [0.1, 0.15) is 5.75 Å². The highest BCUT2D eigenvalue weighted by Gasteiger charge is 2.24. The summed E-state index contributed by atoms with van der Waals surface area (Å²) in [5.74, 6) is 0.0547. The van der Waals surface area contributed by atoms with E-state index < -0.39 is 0 Å². The first-order valence-corrected chi connectivity index (χ1v) is 7.27. The number of fused-ring (bicyclic) bond motifs is 3. The van der Waals surface area contributed by atoms with Gasteiger partial charge in [-0.05, 0) is 24.1 Å². The molecule has 2 amide bonds. The maximum atomic E-state index is 12.3. The molecule has 6 nitrogen and oxygen atoms in total. The Morgan fingerprint density at radius 2 is 2.18 bits per heavy atom. The monoisotopic (exact) mass is 301 g/mol. The molecule has 1 aliphatic heterocycles. The van der Waals surface area contributed by atoms with Crippen LogP contribution in [0, 0.1) is 0 Å². The van der Waals surface area contributed by atoms with Gasteiger partial charge in [0.25, 0.3) is 0 Å². The molecule has 0 saturated carbocycles. The zero-order chi connectivity index (χ0) is 15.9. The van der Waals surface area contributed by atoms with Gasteiger partial charge in [0.05, 0.1) is 13.1 Å². The van der Waals surface area contributed by atoms with Crippen molar-refractivity contribution in [1.82, 2.24) is 14.8 Å². The number of benzene rings is 1. The minimum atomic E-state index is -0.118. The molecule has 0 atom stereocenters. The summed E-state index contributed by atoms with van der Waals surface area (Å²) in [6.45, 7) is 2.71. The number of aromatic amines is 1. The molecule has 22 heavy (non-hydrogen) atoms. The quantitative estimate of drug-likeness (QED) is 0.876. The van der Waals surface area contributed by atoms with Gasteiger partial charge in [0.15, 0.2) is 0 Å². The van der Waals surface area contributed by atoms with Crippen LogP contribution < -0.4 is 0 Å². The number of phenolic OH excluding ortho intramolecular Hbond substituents is 1. The Morgan fingerprint density at radius 3 is 2.91 bits per heavy atom. The zero-order valence-corrected chi connectivity index (χ0v) is 12.7. The minimum absolute atomic E-state index is 0.0511. The van der Waals surface area contributed by atoms with Crippen molar-refractivity contribution in [3.63, 3.8) is 0 Å². The van der Waals surface area contributed by atoms with Crippen LogP contribution in [0.25, 0.3) is 10.9 Å². The van der Waals surface area contributed by atoms with Crippen LogP contribution in [0.2, 0.25) is 0 Å². The van der Waals surface area contributed by atoms with Crippen LogP contribution in [0.5, 0.6) is 5.75 Å². The number of amides is 2. The standard InChI is InChI=1S/C16H19N3O3/c1-10(20)18(2)9-16(22)19-6-5-13-12-4-3-11(21)7-14(12)17-15(13)8-19/h3-4,7,17,21H,5-6,8-9H2,1-2H3. The summed E-state index contributed by atoms with van der Waals surface area (Å²) in [4.78, 5) is 30.0. The summed E-state index contributed by atoms with van der Waals surface area (Å²) >= 11 is 0. The number of likely N-dealkylation sites (N-methyl/N-ethyl adjacent to an activating group) is 1. The van der Waals surface area contributed by atoms with E-state index in [1.165, 1.54) is 17.4 Å². The molecule has 0 saturated heterocycles. The highest BCUT2D eigenvalue weighted by atomic mass is 16.3. The van der Waals surface area contributed by atoms with Crippen LogP contribution in [-0.2, 0) is 22.6 Å². The van der Waals surface area contributed by atoms with Crippen LogP contribution >= 0.6 is 0 Å². The predicted octanol–water partition coefficient (Wildman–Crippen LogP) is 1.24. The summed E-state index contributed by atoms with van der Waals surface area (Å²) in [5, 5.41) is 10.7. The molecule has 2 aromatic rings. The van der Waals surface area contributed by atoms with Gasteiger partial charge >= 0.3 is 0 Å². The number of carbonyl (C=O) groups is 2. The molecule has 0 aliphatic carbocycles. The molecule has 2 heterocycles. The van der Waals surface area contributed by atoms with E-state index in [4.69, 9.17) is 0 Å². The van der Waals surface area contributed by atoms with Gasteiger partial charge < -0.3 is 19.9 Å². The van der Waals surface area contributed by atoms with Gasteiger partial charge in [-0.1, -0.05) is 0 Å². The Bertz CT molecular complexity index is 750. The molecule has 116 valence electrons. The van der Waals surface area contributed by atoms with Crippen molar-refractivity contribution >= 4 is 22.7 Å². The highest BCUT2D eigenvalue weighted by Crippen LogP contribution is 2.29. The van der Waals surface area contributed by atoms with E-state index in [2.05, 4.69) is 4.98 Å². The number of hydrogen-bond donors (Lipinski definition) is 2. The number of phenols is 1. The zero-order valence-electron chi connectivity index (χ0n) is 12.7. The van der Waals surface area contributed by atoms with Crippen molar-refractivity contribution in [2.24, 2.45) is 0 Å². The van der Waals surface area contributed by atoms with Gasteiger partial charge in [0, 0.05) is 43.2 Å². The maximum Gasteiger partial charge on any atom is 0.242 e. The molecule has 0 radical (unpaired) electrons. The van der Waals surface area contributed by atoms with Crippen molar-refractivity contribution in [3.8, 4) is 5.75 Å². The number of carbonyl (C=O) groups excluding carboxylic acids is 2. The van der Waals surface area contributed by atoms with Crippen LogP contribution in [-0.4, -0.2) is 51.8 Å². The smallest absolute Gasteiger partial charge is 0.242 e. The summed E-state index contributed by atoms with van der Waals surface area (Å²) < 4.78 is 0. The molecule has 0 spiro atoms. The second-order valence-corrected chi connectivity index (χ2v) is 5.75. The van der Waals surface area contributed by atoms with Crippen LogP contribution in [0.3, 0.4) is 0 Å². The number of aromatic hydroxyl groups is 1. The van der Waals surface area contributed by atoms with Crippen molar-refractivity contribution in [3.05, 3.63) is 29.5 Å². The lowest BCUT2D eigenvalue weighted by Crippen LogP contribution is -2.42.